The molecule has 0 aliphatic carbocycles. The predicted octanol–water partition coefficient (Wildman–Crippen LogP) is 3.95. The van der Waals surface area contributed by atoms with E-state index in [-0.39, 0.29) is 12.5 Å². The maximum Gasteiger partial charge on any atom is 0.255 e. The van der Waals surface area contributed by atoms with Crippen LogP contribution in [-0.4, -0.2) is 70.0 Å². The van der Waals surface area contributed by atoms with Gasteiger partial charge in [0, 0.05) is 32.1 Å². The second-order valence-corrected chi connectivity index (χ2v) is 9.88. The van der Waals surface area contributed by atoms with E-state index in [2.05, 4.69) is 32.2 Å². The molecule has 1 unspecified atom stereocenters. The number of thiazole rings is 1. The average Bonchev–Trinajstić information content (AvgIpc) is 3.17. The molecule has 1 fully saturated rings. The largest absolute Gasteiger partial charge is 0.393 e. The summed E-state index contributed by atoms with van der Waals surface area (Å²) in [5.41, 5.74) is 3.23. The molecule has 0 bridgehead atoms. The molecule has 3 rings (SSSR count). The van der Waals surface area contributed by atoms with Crippen molar-refractivity contribution < 1.29 is 14.7 Å². The summed E-state index contributed by atoms with van der Waals surface area (Å²) in [5, 5.41) is 19.5. The number of rotatable bonds is 10. The zero-order valence-corrected chi connectivity index (χ0v) is 21.3. The van der Waals surface area contributed by atoms with Crippen LogP contribution in [0.25, 0.3) is 5.70 Å². The van der Waals surface area contributed by atoms with Gasteiger partial charge in [-0.3, -0.25) is 9.79 Å². The van der Waals surface area contributed by atoms with Crippen LogP contribution in [0.1, 0.15) is 45.7 Å². The van der Waals surface area contributed by atoms with E-state index < -0.39 is 6.10 Å². The molecular weight excluding hydrogens is 472 g/mol. The van der Waals surface area contributed by atoms with E-state index in [1.807, 2.05) is 25.3 Å². The number of aliphatic hydroxyl groups excluding tert-OH is 1. The zero-order valence-electron chi connectivity index (χ0n) is 19.7. The van der Waals surface area contributed by atoms with E-state index in [9.17, 15) is 9.90 Å². The van der Waals surface area contributed by atoms with Gasteiger partial charge in [-0.2, -0.15) is 0 Å². The number of aryl methyl sites for hydroxylation is 2. The number of amides is 1. The molecule has 34 heavy (non-hydrogen) atoms. The SMILES string of the molecule is C=N/C(=C\SCNc1ccc(C(=O)N2CCC(=NOCC(C)O)CC2)cn1)c1sc(C)nc1C. The van der Waals surface area contributed by atoms with E-state index in [4.69, 9.17) is 4.84 Å². The van der Waals surface area contributed by atoms with Gasteiger partial charge in [-0.25, -0.2) is 9.97 Å². The summed E-state index contributed by atoms with van der Waals surface area (Å²) in [4.78, 5) is 33.7. The van der Waals surface area contributed by atoms with Crippen molar-refractivity contribution in [2.45, 2.75) is 39.7 Å². The smallest absolute Gasteiger partial charge is 0.255 e. The summed E-state index contributed by atoms with van der Waals surface area (Å²) in [6, 6.07) is 3.59. The lowest BCUT2D eigenvalue weighted by Crippen LogP contribution is -2.38. The minimum Gasteiger partial charge on any atom is -0.393 e. The number of nitrogens with one attached hydrogen (secondary N) is 1. The van der Waals surface area contributed by atoms with Crippen molar-refractivity contribution >= 4 is 52.9 Å². The molecule has 9 nitrogen and oxygen atoms in total. The first-order valence-electron chi connectivity index (χ1n) is 10.9. The Bertz CT molecular complexity index is 1040. The summed E-state index contributed by atoms with van der Waals surface area (Å²) >= 11 is 3.16. The molecule has 2 aromatic rings. The third kappa shape index (κ3) is 7.37. The third-order valence-electron chi connectivity index (χ3n) is 4.99. The van der Waals surface area contributed by atoms with Gasteiger partial charge in [-0.05, 0) is 45.0 Å². The maximum atomic E-state index is 12.8. The number of hydrogen-bond acceptors (Lipinski definition) is 10. The molecule has 1 aliphatic heterocycles. The summed E-state index contributed by atoms with van der Waals surface area (Å²) < 4.78 is 0. The second kappa shape index (κ2) is 12.6. The standard InChI is InChI=1S/C23H30N6O3S2/c1-15(30)12-32-28-19-7-9-29(10-8-19)23(31)18-5-6-21(25-11-18)26-14-33-13-20(24-4)22-16(2)27-17(3)34-22/h5-6,11,13,15,30H,4,7-10,12,14H2,1-3H3,(H,25,26)/b20-13-. The van der Waals surface area contributed by atoms with Crippen molar-refractivity contribution in [3.8, 4) is 0 Å². The molecule has 0 spiro atoms. The Balaban J connectivity index is 1.46. The number of likely N-dealkylation sites (tertiary alicyclic amines) is 1. The lowest BCUT2D eigenvalue weighted by Gasteiger charge is -2.27. The quantitative estimate of drug-likeness (QED) is 0.219. The molecule has 1 saturated heterocycles. The van der Waals surface area contributed by atoms with Crippen molar-refractivity contribution in [1.29, 1.82) is 0 Å². The molecule has 0 aromatic carbocycles. The van der Waals surface area contributed by atoms with Gasteiger partial charge >= 0.3 is 0 Å². The monoisotopic (exact) mass is 502 g/mol. The number of aliphatic imine (C=N–C) groups is 1. The lowest BCUT2D eigenvalue weighted by atomic mass is 10.1. The molecule has 182 valence electrons. The van der Waals surface area contributed by atoms with Crippen LogP contribution in [0.4, 0.5) is 5.82 Å². The number of nitrogens with zero attached hydrogens (tertiary/aromatic N) is 5. The molecule has 0 saturated carbocycles. The molecular formula is C23H30N6O3S2. The average molecular weight is 503 g/mol. The molecule has 2 aromatic heterocycles. The second-order valence-electron chi connectivity index (χ2n) is 7.82. The number of hydrogen-bond donors (Lipinski definition) is 2. The van der Waals surface area contributed by atoms with Gasteiger partial charge < -0.3 is 20.2 Å². The number of carbonyl (C=O) groups is 1. The van der Waals surface area contributed by atoms with E-state index >= 15 is 0 Å². The van der Waals surface area contributed by atoms with E-state index in [1.165, 1.54) is 0 Å². The number of aliphatic hydroxyl groups is 1. The first kappa shape index (κ1) is 25.9. The Kier molecular flexibility index (Phi) is 9.61. The van der Waals surface area contributed by atoms with Gasteiger partial charge in [0.05, 0.1) is 44.5 Å². The zero-order chi connectivity index (χ0) is 24.5. The minimum absolute atomic E-state index is 0.0442. The van der Waals surface area contributed by atoms with Crippen molar-refractivity contribution in [2.24, 2.45) is 10.1 Å². The highest BCUT2D eigenvalue weighted by Gasteiger charge is 2.21. The number of anilines is 1. The van der Waals surface area contributed by atoms with Crippen LogP contribution in [0.2, 0.25) is 0 Å². The highest BCUT2D eigenvalue weighted by molar-refractivity contribution is 8.02. The van der Waals surface area contributed by atoms with Gasteiger partial charge in [-0.1, -0.05) is 5.16 Å². The Hall–Kier alpha value is -2.76. The first-order chi connectivity index (χ1) is 16.4. The van der Waals surface area contributed by atoms with Crippen LogP contribution in [0.5, 0.6) is 0 Å². The van der Waals surface area contributed by atoms with Crippen LogP contribution in [-0.2, 0) is 4.84 Å². The first-order valence-corrected chi connectivity index (χ1v) is 12.8. The number of thioether (sulfide) groups is 1. The minimum atomic E-state index is -0.551. The van der Waals surface area contributed by atoms with Crippen molar-refractivity contribution in [3.63, 3.8) is 0 Å². The fourth-order valence-electron chi connectivity index (χ4n) is 3.27. The summed E-state index contributed by atoms with van der Waals surface area (Å²) in [7, 11) is 0. The lowest BCUT2D eigenvalue weighted by molar-refractivity contribution is 0.0487. The molecule has 1 atom stereocenters. The summed E-state index contributed by atoms with van der Waals surface area (Å²) in [5.74, 6) is 1.25. The van der Waals surface area contributed by atoms with Gasteiger partial charge in [0.15, 0.2) is 0 Å². The maximum absolute atomic E-state index is 12.8. The van der Waals surface area contributed by atoms with E-state index in [1.54, 1.807) is 47.2 Å². The topological polar surface area (TPSA) is 112 Å². The van der Waals surface area contributed by atoms with Crippen molar-refractivity contribution in [3.05, 3.63) is 44.9 Å². The van der Waals surface area contributed by atoms with Crippen LogP contribution in [0.15, 0.2) is 33.9 Å². The number of aromatic nitrogens is 2. The fraction of sp³-hybridized carbons (Fsp3) is 0.435. The highest BCUT2D eigenvalue weighted by atomic mass is 32.2. The molecule has 1 aliphatic rings. The number of carbonyl (C=O) groups excluding carboxylic acids is 1. The highest BCUT2D eigenvalue weighted by Crippen LogP contribution is 2.28. The van der Waals surface area contributed by atoms with Gasteiger partial charge in [0.25, 0.3) is 5.91 Å². The molecule has 1 amide bonds. The van der Waals surface area contributed by atoms with Gasteiger partial charge in [0.1, 0.15) is 12.4 Å². The van der Waals surface area contributed by atoms with Crippen LogP contribution >= 0.6 is 23.1 Å². The van der Waals surface area contributed by atoms with Crippen LogP contribution in [0, 0.1) is 13.8 Å². The third-order valence-corrected chi connectivity index (χ3v) is 6.78. The van der Waals surface area contributed by atoms with Crippen molar-refractivity contribution in [1.82, 2.24) is 14.9 Å². The number of oxime groups is 1. The fourth-order valence-corrected chi connectivity index (χ4v) is 4.91. The Labute approximate surface area is 208 Å². The summed E-state index contributed by atoms with van der Waals surface area (Å²) in [6.45, 7) is 10.6. The molecule has 11 heteroatoms. The normalized spacial score (nSPS) is 15.1. The Morgan fingerprint density at radius 1 is 1.41 bits per heavy atom. The van der Waals surface area contributed by atoms with Gasteiger partial charge in [0.2, 0.25) is 0 Å². The predicted molar refractivity (Wildman–Crippen MR) is 140 cm³/mol. The molecule has 0 radical (unpaired) electrons. The van der Waals surface area contributed by atoms with E-state index in [0.29, 0.717) is 43.2 Å². The molecule has 3 heterocycles. The van der Waals surface area contributed by atoms with Crippen molar-refractivity contribution in [2.75, 3.05) is 30.9 Å². The number of piperidine rings is 1. The van der Waals surface area contributed by atoms with Crippen LogP contribution in [0.3, 0.4) is 0 Å². The summed E-state index contributed by atoms with van der Waals surface area (Å²) in [6.07, 6.45) is 2.36. The van der Waals surface area contributed by atoms with Gasteiger partial charge in [-0.15, -0.1) is 23.1 Å². The molecule has 2 N–H and O–H groups in total. The number of pyridine rings is 1. The van der Waals surface area contributed by atoms with E-state index in [0.717, 1.165) is 27.0 Å². The Morgan fingerprint density at radius 3 is 2.76 bits per heavy atom. The van der Waals surface area contributed by atoms with Crippen LogP contribution < -0.4 is 5.32 Å². The Morgan fingerprint density at radius 2 is 2.18 bits per heavy atom.